The minimum absolute atomic E-state index is 0.125. The molecule has 0 amide bonds. The van der Waals surface area contributed by atoms with Gasteiger partial charge in [-0.3, -0.25) is 34.0 Å². The summed E-state index contributed by atoms with van der Waals surface area (Å²) in [4.78, 5) is 43.7. The van der Waals surface area contributed by atoms with E-state index in [4.69, 9.17) is 52.5 Å². The van der Waals surface area contributed by atoms with Crippen LogP contribution in [0.5, 0.6) is 40.2 Å². The molecule has 27 nitrogen and oxygen atoms in total. The summed E-state index contributed by atoms with van der Waals surface area (Å²) < 4.78 is 50.0. The van der Waals surface area contributed by atoms with E-state index in [0.29, 0.717) is 65.0 Å². The molecule has 0 aliphatic carbocycles. The van der Waals surface area contributed by atoms with Crippen molar-refractivity contribution in [3.8, 4) is 85.9 Å². The fourth-order valence-corrected chi connectivity index (χ4v) is 12.5. The third-order valence-corrected chi connectivity index (χ3v) is 18.3. The number of nitrogens with zero attached hydrogens (tertiary/aromatic N) is 17. The molecule has 112 heavy (non-hydrogen) atoms. The van der Waals surface area contributed by atoms with Crippen LogP contribution in [-0.2, 0) is 27.2 Å². The summed E-state index contributed by atoms with van der Waals surface area (Å²) in [7, 11) is 15.1. The number of anilines is 6. The first-order valence-electron chi connectivity index (χ1n) is 36.0. The van der Waals surface area contributed by atoms with Crippen molar-refractivity contribution in [1.29, 1.82) is 0 Å². The van der Waals surface area contributed by atoms with Crippen molar-refractivity contribution in [2.75, 3.05) is 84.1 Å². The first-order chi connectivity index (χ1) is 54.5. The predicted molar refractivity (Wildman–Crippen MR) is 434 cm³/mol. The van der Waals surface area contributed by atoms with Crippen molar-refractivity contribution in [2.24, 2.45) is 14.1 Å². The molecule has 15 aromatic rings. The Balaban J connectivity index is 0.000000147. The van der Waals surface area contributed by atoms with Gasteiger partial charge in [0.2, 0.25) is 0 Å². The highest BCUT2D eigenvalue weighted by Gasteiger charge is 2.22. The maximum absolute atomic E-state index is 9.77. The van der Waals surface area contributed by atoms with Crippen molar-refractivity contribution in [3.05, 3.63) is 219 Å². The number of pyridine rings is 2. The maximum Gasteiger partial charge on any atom is 0.155 e. The van der Waals surface area contributed by atoms with Gasteiger partial charge >= 0.3 is 0 Å². The number of furan rings is 1. The number of rotatable bonds is 25. The van der Waals surface area contributed by atoms with Gasteiger partial charge in [0.15, 0.2) is 17.0 Å². The van der Waals surface area contributed by atoms with Gasteiger partial charge < -0.3 is 62.7 Å². The van der Waals surface area contributed by atoms with Crippen LogP contribution >= 0.6 is 0 Å². The number of fused-ring (bicyclic) bond motifs is 4. The average molecular weight is 1500 g/mol. The smallest absolute Gasteiger partial charge is 0.155 e. The number of aromatic nitrogens is 14. The molecule has 0 aliphatic rings. The molecule has 0 atom stereocenters. The highest BCUT2D eigenvalue weighted by molar-refractivity contribution is 5.86. The van der Waals surface area contributed by atoms with Gasteiger partial charge in [-0.05, 0) is 98.6 Å². The molecule has 0 fully saturated rings. The number of nitrogens with one attached hydrogen (secondary N) is 1. The summed E-state index contributed by atoms with van der Waals surface area (Å²) in [5.74, 6) is 11.9. The Morgan fingerprint density at radius 2 is 0.973 bits per heavy atom. The summed E-state index contributed by atoms with van der Waals surface area (Å²) in [6, 6.07) is 45.4. The molecule has 9 heterocycles. The van der Waals surface area contributed by atoms with Crippen LogP contribution in [0.2, 0.25) is 0 Å². The van der Waals surface area contributed by atoms with Crippen molar-refractivity contribution >= 4 is 78.3 Å². The van der Waals surface area contributed by atoms with Crippen LogP contribution in [0.4, 0.5) is 34.1 Å². The molecular formula is C85H86N18O9. The second-order valence-electron chi connectivity index (χ2n) is 26.4. The lowest BCUT2D eigenvalue weighted by Gasteiger charge is -2.27. The Bertz CT molecular complexity index is 5750. The van der Waals surface area contributed by atoms with E-state index in [1.807, 2.05) is 170 Å². The fourth-order valence-electron chi connectivity index (χ4n) is 12.5. The zero-order chi connectivity index (χ0) is 78.4. The average Bonchev–Trinajstić information content (AvgIpc) is 1.11. The van der Waals surface area contributed by atoms with Crippen LogP contribution in [-0.4, -0.2) is 150 Å². The van der Waals surface area contributed by atoms with E-state index in [1.54, 1.807) is 110 Å². The molecule has 0 radical (unpaired) electrons. The number of benzene rings is 6. The first kappa shape index (κ1) is 76.5. The quantitative estimate of drug-likeness (QED) is 0.0503. The number of methoxy groups -OCH3 is 7. The van der Waals surface area contributed by atoms with Gasteiger partial charge in [-0.15, -0.1) is 0 Å². The molecule has 0 spiro atoms. The van der Waals surface area contributed by atoms with E-state index < -0.39 is 0 Å². The number of aliphatic hydroxyl groups excluding tert-OH is 1. The van der Waals surface area contributed by atoms with Crippen LogP contribution in [0.3, 0.4) is 0 Å². The molecule has 9 aromatic heterocycles. The van der Waals surface area contributed by atoms with E-state index in [9.17, 15) is 5.11 Å². The van der Waals surface area contributed by atoms with Gasteiger partial charge in [-0.1, -0.05) is 19.8 Å². The molecule has 15 rings (SSSR count). The topological polar surface area (TPSA) is 276 Å². The Kier molecular flexibility index (Phi) is 24.0. The van der Waals surface area contributed by atoms with Crippen LogP contribution in [0, 0.1) is 11.8 Å². The van der Waals surface area contributed by atoms with Crippen LogP contribution in [0.15, 0.2) is 206 Å². The van der Waals surface area contributed by atoms with Crippen LogP contribution in [0.25, 0.3) is 78.0 Å². The highest BCUT2D eigenvalue weighted by atomic mass is 16.5. The SMILES string of the molecule is COc1cc(OC)cc(N(CC#Cc2ncccc2OC)c2ccc3ncc(-c4cnn(C(C)C)c4)nc3c2)c1.COc1cc(OC)cc(N(CCNC(C)C)c2ccc3ncc(-c4cnn(C)c4CO)nc3c2)c1.COc1cc(OC)cc(N(Cc2cc3ncccc3o2)c2ccc3ncc(-c4cnn(C)c4)nc3c2)c1. The Labute approximate surface area is 648 Å². The molecule has 0 unspecified atom stereocenters. The van der Waals surface area contributed by atoms with Gasteiger partial charge in [0.1, 0.15) is 45.8 Å². The van der Waals surface area contributed by atoms with E-state index in [-0.39, 0.29) is 12.6 Å². The first-order valence-corrected chi connectivity index (χ1v) is 36.0. The monoisotopic (exact) mass is 1500 g/mol. The Morgan fingerprint density at radius 1 is 0.473 bits per heavy atom. The second kappa shape index (κ2) is 35.1. The second-order valence-corrected chi connectivity index (χ2v) is 26.4. The molecule has 0 bridgehead atoms. The minimum atomic E-state index is -0.125. The van der Waals surface area contributed by atoms with Crippen LogP contribution < -0.4 is 53.2 Å². The lowest BCUT2D eigenvalue weighted by atomic mass is 10.1. The fraction of sp³-hybridized carbons (Fsp3) is 0.235. The third kappa shape index (κ3) is 17.9. The van der Waals surface area contributed by atoms with Crippen molar-refractivity contribution in [3.63, 3.8) is 0 Å². The van der Waals surface area contributed by atoms with Crippen molar-refractivity contribution < 1.29 is 42.7 Å². The molecule has 2 N–H and O–H groups in total. The van der Waals surface area contributed by atoms with E-state index >= 15 is 0 Å². The zero-order valence-electron chi connectivity index (χ0n) is 64.6. The zero-order valence-corrected chi connectivity index (χ0v) is 64.6. The van der Waals surface area contributed by atoms with E-state index in [1.165, 1.54) is 0 Å². The molecule has 0 aliphatic heterocycles. The van der Waals surface area contributed by atoms with Crippen molar-refractivity contribution in [1.82, 2.24) is 74.5 Å². The van der Waals surface area contributed by atoms with Gasteiger partial charge in [0.05, 0.1) is 163 Å². The lowest BCUT2D eigenvalue weighted by molar-refractivity contribution is 0.271. The summed E-state index contributed by atoms with van der Waals surface area (Å²) in [6.45, 7) is 10.6. The molecule has 0 saturated carbocycles. The van der Waals surface area contributed by atoms with Crippen LogP contribution in [0.1, 0.15) is 50.9 Å². The van der Waals surface area contributed by atoms with E-state index in [0.717, 1.165) is 137 Å². The molecule has 570 valence electrons. The van der Waals surface area contributed by atoms with Gasteiger partial charge in [0.25, 0.3) is 0 Å². The summed E-state index contributed by atoms with van der Waals surface area (Å²) >= 11 is 0. The number of ether oxygens (including phenoxy) is 7. The minimum Gasteiger partial charge on any atom is -0.497 e. The maximum atomic E-state index is 9.77. The van der Waals surface area contributed by atoms with E-state index in [2.05, 4.69) is 99.8 Å². The lowest BCUT2D eigenvalue weighted by Crippen LogP contribution is -2.32. The largest absolute Gasteiger partial charge is 0.497 e. The normalized spacial score (nSPS) is 11.1. The third-order valence-electron chi connectivity index (χ3n) is 18.3. The van der Waals surface area contributed by atoms with Gasteiger partial charge in [-0.25, -0.2) is 19.9 Å². The summed E-state index contributed by atoms with van der Waals surface area (Å²) in [6.07, 6.45) is 17.9. The van der Waals surface area contributed by atoms with Crippen molar-refractivity contribution in [2.45, 2.75) is 52.9 Å². The Morgan fingerprint density at radius 3 is 1.48 bits per heavy atom. The molecule has 6 aromatic carbocycles. The molecule has 0 saturated heterocycles. The standard InChI is InChI=1S/C31H30N6O3.C28H24N6O3.C26H32N6O3/c1-21(2)37-20-22(18-34-37)30-19-33-27-11-10-23(16-29(27)35-30)36(24-14-25(38-3)17-26(15-24)39-4)13-7-8-28-31(40-5)9-6-12-32-28;1-33-16-18(14-31-33)27-15-30-24-7-6-19(11-25(24)32-27)34(20-9-21(35-2)12-22(10-20)36-3)17-23-13-26-28(37-23)5-4-8-29-26;1-17(2)27-8-9-32(19-10-20(34-4)13-21(11-19)35-5)18-6-7-23-24(12-18)30-25(15-28-23)22-14-29-31(3)26(22)16-33/h6,9-12,14-21H,13H2,1-5H3;4-16H,17H2,1-3H3;6-7,10-15,17,27,33H,8-9,16H2,1-5H3. The Hall–Kier alpha value is -13.7. The number of hydrogen-bond donors (Lipinski definition) is 2. The van der Waals surface area contributed by atoms with Gasteiger partial charge in [0, 0.05) is 176 Å². The predicted octanol–water partition coefficient (Wildman–Crippen LogP) is 14.9. The molecular weight excluding hydrogens is 1420 g/mol. The number of hydrogen-bond acceptors (Lipinski definition) is 24. The number of aliphatic hydroxyl groups is 1. The highest BCUT2D eigenvalue weighted by Crippen LogP contribution is 2.39. The number of aryl methyl sites for hydroxylation is 2. The molecule has 27 heteroatoms. The van der Waals surface area contributed by atoms with Gasteiger partial charge in [-0.2, -0.15) is 15.3 Å². The summed E-state index contributed by atoms with van der Waals surface area (Å²) in [5.41, 5.74) is 17.7. The summed E-state index contributed by atoms with van der Waals surface area (Å²) in [5, 5.41) is 26.2.